The van der Waals surface area contributed by atoms with Crippen molar-refractivity contribution < 1.29 is 33.0 Å². The summed E-state index contributed by atoms with van der Waals surface area (Å²) >= 11 is 0. The summed E-state index contributed by atoms with van der Waals surface area (Å²) in [6.07, 6.45) is 16.3. The maximum Gasteiger partial charge on any atom is 0.317 e. The van der Waals surface area contributed by atoms with Crippen molar-refractivity contribution in [3.63, 3.8) is 0 Å². The van der Waals surface area contributed by atoms with E-state index < -0.39 is 0 Å². The van der Waals surface area contributed by atoms with Gasteiger partial charge in [0, 0.05) is 79.0 Å². The summed E-state index contributed by atoms with van der Waals surface area (Å²) in [6, 6.07) is 32.9. The Labute approximate surface area is 606 Å². The van der Waals surface area contributed by atoms with Gasteiger partial charge < -0.3 is 35.6 Å². The van der Waals surface area contributed by atoms with E-state index in [0.29, 0.717) is 35.5 Å². The average Bonchev–Trinajstić information content (AvgIpc) is 1.75. The summed E-state index contributed by atoms with van der Waals surface area (Å²) in [5.41, 5.74) is 13.0. The first kappa shape index (κ1) is 77.9. The molecule has 4 heterocycles. The van der Waals surface area contributed by atoms with Crippen LogP contribution in [0.25, 0.3) is 0 Å². The van der Waals surface area contributed by atoms with Crippen LogP contribution in [-0.4, -0.2) is 170 Å². The molecule has 4 fully saturated rings. The van der Waals surface area contributed by atoms with Gasteiger partial charge in [-0.2, -0.15) is 0 Å². The molecule has 0 radical (unpaired) electrons. The zero-order valence-electron chi connectivity index (χ0n) is 64.5. The Balaban J connectivity index is 0.000000214. The number of nitrogens with zero attached hydrogens (tertiary/aromatic N) is 6. The third-order valence-electron chi connectivity index (χ3n) is 24.1. The molecule has 4 aromatic carbocycles. The number of likely N-dealkylation sites (N-methyl/N-ethyl adjacent to an activating group) is 1. The fourth-order valence-corrected chi connectivity index (χ4v) is 17.6. The number of Topliss-reactive ketones (excluding diaryl/α,β-unsaturated/α-hetero) is 2. The summed E-state index contributed by atoms with van der Waals surface area (Å²) in [5, 5.41) is 9.57. The number of piperidine rings is 4. The van der Waals surface area contributed by atoms with Gasteiger partial charge in [0.25, 0.3) is 0 Å². The first-order chi connectivity index (χ1) is 47.2. The molecular formula is C85H133N9O6. The lowest BCUT2D eigenvalue weighted by Gasteiger charge is -2.47. The second-order valence-corrected chi connectivity index (χ2v) is 35.0. The lowest BCUT2D eigenvalue weighted by Crippen LogP contribution is -2.48. The largest absolute Gasteiger partial charge is 0.350 e. The molecule has 15 nitrogen and oxygen atoms in total. The predicted molar refractivity (Wildman–Crippen MR) is 412 cm³/mol. The van der Waals surface area contributed by atoms with Gasteiger partial charge in [-0.1, -0.05) is 153 Å². The summed E-state index contributed by atoms with van der Waals surface area (Å²) < 4.78 is 0. The van der Waals surface area contributed by atoms with Crippen LogP contribution in [0.4, 0.5) is 4.79 Å². The molecule has 15 heteroatoms. The van der Waals surface area contributed by atoms with Gasteiger partial charge in [-0.25, -0.2) is 4.79 Å². The molecule has 100 heavy (non-hydrogen) atoms. The van der Waals surface area contributed by atoms with Crippen molar-refractivity contribution in [3.05, 3.63) is 141 Å². The fraction of sp³-hybridized carbons (Fsp3) is 0.647. The van der Waals surface area contributed by atoms with Crippen LogP contribution in [0.3, 0.4) is 0 Å². The Hall–Kier alpha value is -6.26. The lowest BCUT2D eigenvalue weighted by molar-refractivity contribution is -0.130. The van der Waals surface area contributed by atoms with E-state index in [1.165, 1.54) is 96.4 Å². The number of carbonyl (C=O) groups is 6. The quantitative estimate of drug-likeness (QED) is 0.118. The molecule has 4 aliphatic carbocycles. The molecule has 3 N–H and O–H groups in total. The first-order valence-corrected chi connectivity index (χ1v) is 38.3. The van der Waals surface area contributed by atoms with Crippen molar-refractivity contribution in [2.45, 2.75) is 233 Å². The molecule has 0 saturated carbocycles. The maximum atomic E-state index is 12.7. The highest BCUT2D eigenvalue weighted by molar-refractivity contribution is 6.02. The van der Waals surface area contributed by atoms with Crippen LogP contribution >= 0.6 is 0 Å². The van der Waals surface area contributed by atoms with E-state index in [9.17, 15) is 28.8 Å². The third-order valence-corrected chi connectivity index (χ3v) is 24.1. The second-order valence-electron chi connectivity index (χ2n) is 35.0. The number of nitrogens with one attached hydrogen (secondary N) is 3. The van der Waals surface area contributed by atoms with E-state index in [-0.39, 0.29) is 73.2 Å². The lowest BCUT2D eigenvalue weighted by atomic mass is 9.63. The molecule has 8 aliphatic rings. The third kappa shape index (κ3) is 19.1. The van der Waals surface area contributed by atoms with Crippen LogP contribution in [0.5, 0.6) is 0 Å². The number of hydrogen-bond donors (Lipinski definition) is 3. The molecule has 0 unspecified atom stereocenters. The first-order valence-electron chi connectivity index (χ1n) is 38.3. The van der Waals surface area contributed by atoms with Gasteiger partial charge in [0.2, 0.25) is 17.7 Å². The van der Waals surface area contributed by atoms with E-state index in [1.54, 1.807) is 32.8 Å². The highest BCUT2D eigenvalue weighted by Gasteiger charge is 2.49. The number of rotatable bonds is 13. The van der Waals surface area contributed by atoms with Crippen molar-refractivity contribution in [2.75, 3.05) is 106 Å². The van der Waals surface area contributed by atoms with Gasteiger partial charge >= 0.3 is 6.03 Å². The minimum absolute atomic E-state index is 0. The number of ketones is 2. The Morgan fingerprint density at radius 1 is 0.500 bits per heavy atom. The molecule has 3 atom stereocenters. The Morgan fingerprint density at radius 3 is 1.34 bits per heavy atom. The van der Waals surface area contributed by atoms with Crippen molar-refractivity contribution in [3.8, 4) is 0 Å². The van der Waals surface area contributed by atoms with E-state index >= 15 is 0 Å². The zero-order chi connectivity index (χ0) is 72.6. The molecule has 4 aromatic rings. The highest BCUT2D eigenvalue weighted by Crippen LogP contribution is 2.53. The van der Waals surface area contributed by atoms with Gasteiger partial charge in [-0.15, -0.1) is 0 Å². The van der Waals surface area contributed by atoms with Gasteiger partial charge in [0.15, 0.2) is 11.6 Å². The number of likely N-dealkylation sites (tertiary alicyclic amines) is 4. The number of benzene rings is 4. The number of amides is 5. The Morgan fingerprint density at radius 2 is 0.900 bits per heavy atom. The number of urea groups is 1. The number of hydrogen-bond acceptors (Lipinski definition) is 10. The monoisotopic (exact) mass is 1380 g/mol. The molecule has 0 bridgehead atoms. The molecule has 0 aromatic heterocycles. The van der Waals surface area contributed by atoms with Crippen LogP contribution in [0, 0.1) is 23.2 Å². The summed E-state index contributed by atoms with van der Waals surface area (Å²) in [6.45, 7) is 42.6. The Bertz CT molecular complexity index is 3480. The van der Waals surface area contributed by atoms with Crippen molar-refractivity contribution in [1.82, 2.24) is 45.3 Å². The molecule has 4 spiro atoms. The normalized spacial score (nSPS) is 22.0. The summed E-state index contributed by atoms with van der Waals surface area (Å²) in [7, 11) is 3.61. The number of aryl methyl sites for hydroxylation is 1. The molecule has 554 valence electrons. The topological polar surface area (TPSA) is 158 Å². The minimum Gasteiger partial charge on any atom is -0.350 e. The fourth-order valence-electron chi connectivity index (χ4n) is 17.6. The van der Waals surface area contributed by atoms with Gasteiger partial charge in [-0.05, 0) is 237 Å². The molecule has 4 aliphatic heterocycles. The zero-order valence-corrected chi connectivity index (χ0v) is 64.5. The molecular weight excluding hydrogens is 1240 g/mol. The smallest absolute Gasteiger partial charge is 0.317 e. The van der Waals surface area contributed by atoms with Crippen molar-refractivity contribution >= 4 is 35.3 Å². The van der Waals surface area contributed by atoms with Crippen LogP contribution in [0.15, 0.2) is 91.0 Å². The van der Waals surface area contributed by atoms with Crippen LogP contribution < -0.4 is 16.0 Å². The van der Waals surface area contributed by atoms with E-state index in [4.69, 9.17) is 0 Å². The van der Waals surface area contributed by atoms with Gasteiger partial charge in [0.1, 0.15) is 0 Å². The average molecular weight is 1380 g/mol. The minimum atomic E-state index is -0.266. The highest BCUT2D eigenvalue weighted by atomic mass is 16.2. The summed E-state index contributed by atoms with van der Waals surface area (Å²) in [4.78, 5) is 85.8. The van der Waals surface area contributed by atoms with Crippen molar-refractivity contribution in [1.29, 1.82) is 0 Å². The van der Waals surface area contributed by atoms with E-state index in [2.05, 4.69) is 175 Å². The standard InChI is InChI=1S/C24H39N3O.C22H32N2O2.C20H29NO.C19H27N3O2.3H2/c1-6-27(7-2)22(28)25-21-18-24(20-11-9-8-10-19(20)21)13-16-26(17-14-24)15-12-23(3,4)5;1-16(25)23-19-9-10-22(18-8-6-5-7-17(18)19)11-13-24(14-12-22)15-20(26)21(2,3)4;1-15-5-6-17-16(13-15)18(22)14-20(17)8-11-21(12-9-20)10-7-19(2,3)4;1-14(23)20-17-12-19(16-7-5-4-6-15(16)17)8-10-22(11-9-19)13-18(24)21(2)3;;;/h8-11,21H,6-7,12-18H2,1-5H3,(H,25,28);5-8,19H,9-15H2,1-4H3,(H,23,25);5-6,13H,7-12,14H2,1-4H3;4-7,17H,8-13H2,1-3H3,(H,20,23);3*1H/t21-;19-;;17-;;;/m00.0.../s1. The van der Waals surface area contributed by atoms with E-state index in [0.717, 1.165) is 129 Å². The SMILES string of the molecule is CC(=O)N[C@H]1CC2(CCN(CC(=O)N(C)C)CC2)c2ccccc21.CC(=O)N[C@H]1CCC2(CCN(CC(=O)C(C)(C)C)CC2)c2ccccc21.CCN(CC)C(=O)N[C@H]1CC2(CCN(CCC(C)(C)C)CC2)c2ccccc21.Cc1ccc2c(c1)C(=O)CC21CCN(CCC(C)(C)C)CC1.[HH].[HH].[HH]. The Kier molecular flexibility index (Phi) is 25.4. The van der Waals surface area contributed by atoms with E-state index in [1.807, 2.05) is 39.5 Å². The number of fused-ring (bicyclic) bond motifs is 8. The van der Waals surface area contributed by atoms with Crippen LogP contribution in [-0.2, 0) is 40.8 Å². The molecule has 4 saturated heterocycles. The molecule has 12 rings (SSSR count). The van der Waals surface area contributed by atoms with Crippen LogP contribution in [0.2, 0.25) is 0 Å². The predicted octanol–water partition coefficient (Wildman–Crippen LogP) is 15.3. The van der Waals surface area contributed by atoms with Gasteiger partial charge in [-0.3, -0.25) is 33.8 Å². The molecule has 5 amide bonds. The van der Waals surface area contributed by atoms with Crippen LogP contribution in [0.1, 0.15) is 264 Å². The number of carbonyl (C=O) groups excluding carboxylic acids is 6. The maximum absolute atomic E-state index is 12.7. The second kappa shape index (κ2) is 32.6. The summed E-state index contributed by atoms with van der Waals surface area (Å²) in [5.74, 6) is 0.913. The van der Waals surface area contributed by atoms with Crippen molar-refractivity contribution in [2.24, 2.45) is 16.2 Å². The van der Waals surface area contributed by atoms with Gasteiger partial charge in [0.05, 0.1) is 31.2 Å².